The predicted molar refractivity (Wildman–Crippen MR) is 72.2 cm³/mol. The van der Waals surface area contributed by atoms with Crippen LogP contribution in [0.3, 0.4) is 0 Å². The zero-order valence-electron chi connectivity index (χ0n) is 9.55. The molecule has 3 rings (SSSR count). The number of fused-ring (bicyclic) bond motifs is 1. The number of rotatable bonds is 4. The maximum absolute atomic E-state index is 11.7. The highest BCUT2D eigenvalue weighted by molar-refractivity contribution is 7.99. The summed E-state index contributed by atoms with van der Waals surface area (Å²) in [4.78, 5) is 19.7. The second-order valence-corrected chi connectivity index (χ2v) is 5.28. The number of hydrogen-bond donors (Lipinski definition) is 1. The van der Waals surface area contributed by atoms with Gasteiger partial charge in [-0.25, -0.2) is 9.97 Å². The molecular formula is C10H8N6OS2. The summed E-state index contributed by atoms with van der Waals surface area (Å²) in [5.41, 5.74) is 0. The van der Waals surface area contributed by atoms with Crippen LogP contribution in [-0.4, -0.2) is 36.2 Å². The lowest BCUT2D eigenvalue weighted by Gasteiger charge is -2.00. The van der Waals surface area contributed by atoms with Gasteiger partial charge in [0.15, 0.2) is 10.3 Å². The van der Waals surface area contributed by atoms with Crippen LogP contribution >= 0.6 is 23.1 Å². The molecule has 3 heterocycles. The number of carbonyl (C=O) groups excluding carboxylic acids is 1. The minimum Gasteiger partial charge on any atom is -0.301 e. The third-order valence-electron chi connectivity index (χ3n) is 2.17. The standard InChI is InChI=1S/C10H8N6OS2/c17-7(13-9-12-3-5-18-9)6-19-10-15-14-8-11-2-1-4-16(8)10/h1-5H,6H2,(H,12,13,17). The lowest BCUT2D eigenvalue weighted by atomic mass is 10.7. The molecule has 0 unspecified atom stereocenters. The largest absolute Gasteiger partial charge is 0.301 e. The van der Waals surface area contributed by atoms with Crippen LogP contribution in [-0.2, 0) is 4.79 Å². The van der Waals surface area contributed by atoms with Crippen LogP contribution in [0, 0.1) is 0 Å². The van der Waals surface area contributed by atoms with Gasteiger partial charge in [0.25, 0.3) is 5.78 Å². The van der Waals surface area contributed by atoms with E-state index >= 15 is 0 Å². The summed E-state index contributed by atoms with van der Waals surface area (Å²) in [6.45, 7) is 0. The average Bonchev–Trinajstić information content (AvgIpc) is 3.05. The molecule has 0 aromatic carbocycles. The first-order chi connectivity index (χ1) is 9.33. The monoisotopic (exact) mass is 292 g/mol. The maximum atomic E-state index is 11.7. The van der Waals surface area contributed by atoms with E-state index in [1.807, 2.05) is 6.20 Å². The third-order valence-corrected chi connectivity index (χ3v) is 3.80. The van der Waals surface area contributed by atoms with Gasteiger partial charge in [-0.1, -0.05) is 11.8 Å². The summed E-state index contributed by atoms with van der Waals surface area (Å²) < 4.78 is 1.74. The lowest BCUT2D eigenvalue weighted by Crippen LogP contribution is -2.14. The van der Waals surface area contributed by atoms with Crippen LogP contribution in [0.25, 0.3) is 5.78 Å². The van der Waals surface area contributed by atoms with Crippen LogP contribution in [0.1, 0.15) is 0 Å². The Hall–Kier alpha value is -2.00. The van der Waals surface area contributed by atoms with Crippen molar-refractivity contribution < 1.29 is 4.79 Å². The van der Waals surface area contributed by atoms with E-state index in [-0.39, 0.29) is 11.7 Å². The lowest BCUT2D eigenvalue weighted by molar-refractivity contribution is -0.113. The highest BCUT2D eigenvalue weighted by Crippen LogP contribution is 2.16. The Morgan fingerprint density at radius 2 is 2.32 bits per heavy atom. The normalized spacial score (nSPS) is 10.7. The zero-order chi connectivity index (χ0) is 13.1. The SMILES string of the molecule is O=C(CSc1nnc2ncccn12)Nc1nccs1. The maximum Gasteiger partial charge on any atom is 0.255 e. The van der Waals surface area contributed by atoms with E-state index in [2.05, 4.69) is 25.5 Å². The van der Waals surface area contributed by atoms with Crippen LogP contribution in [0.5, 0.6) is 0 Å². The Balaban J connectivity index is 1.64. The van der Waals surface area contributed by atoms with E-state index in [4.69, 9.17) is 0 Å². The molecule has 0 saturated carbocycles. The molecule has 3 aromatic rings. The van der Waals surface area contributed by atoms with Gasteiger partial charge in [0.1, 0.15) is 0 Å². The van der Waals surface area contributed by atoms with Crippen molar-refractivity contribution in [1.82, 2.24) is 24.6 Å². The number of anilines is 1. The first kappa shape index (κ1) is 12.1. The summed E-state index contributed by atoms with van der Waals surface area (Å²) in [5, 5.41) is 13.6. The topological polar surface area (TPSA) is 85.1 Å². The minimum atomic E-state index is -0.124. The van der Waals surface area contributed by atoms with Crippen molar-refractivity contribution >= 4 is 39.9 Å². The Labute approximate surface area is 116 Å². The summed E-state index contributed by atoms with van der Waals surface area (Å²) >= 11 is 2.68. The molecule has 9 heteroatoms. The van der Waals surface area contributed by atoms with E-state index in [9.17, 15) is 4.79 Å². The van der Waals surface area contributed by atoms with Crippen molar-refractivity contribution in [2.75, 3.05) is 11.1 Å². The van der Waals surface area contributed by atoms with Gasteiger partial charge in [0.05, 0.1) is 5.75 Å². The smallest absolute Gasteiger partial charge is 0.255 e. The van der Waals surface area contributed by atoms with Gasteiger partial charge in [0.2, 0.25) is 5.91 Å². The van der Waals surface area contributed by atoms with Crippen molar-refractivity contribution in [3.05, 3.63) is 30.0 Å². The number of nitrogens with one attached hydrogen (secondary N) is 1. The number of nitrogens with zero attached hydrogens (tertiary/aromatic N) is 5. The number of aromatic nitrogens is 5. The highest BCUT2D eigenvalue weighted by Gasteiger charge is 2.10. The summed E-state index contributed by atoms with van der Waals surface area (Å²) in [7, 11) is 0. The van der Waals surface area contributed by atoms with E-state index in [1.165, 1.54) is 23.1 Å². The van der Waals surface area contributed by atoms with E-state index in [0.717, 1.165) is 0 Å². The molecule has 0 aliphatic carbocycles. The third kappa shape index (κ3) is 2.71. The Kier molecular flexibility index (Phi) is 3.38. The molecule has 0 spiro atoms. The quantitative estimate of drug-likeness (QED) is 0.730. The predicted octanol–water partition coefficient (Wildman–Crippen LogP) is 1.31. The molecule has 0 fully saturated rings. The summed E-state index contributed by atoms with van der Waals surface area (Å²) in [6, 6.07) is 1.79. The molecular weight excluding hydrogens is 284 g/mol. The fraction of sp³-hybridized carbons (Fsp3) is 0.100. The van der Waals surface area contributed by atoms with Gasteiger partial charge in [-0.05, 0) is 6.07 Å². The molecule has 7 nitrogen and oxygen atoms in total. The molecule has 0 aliphatic rings. The number of thioether (sulfide) groups is 1. The molecule has 0 bridgehead atoms. The second kappa shape index (κ2) is 5.33. The van der Waals surface area contributed by atoms with Crippen LogP contribution < -0.4 is 5.32 Å². The molecule has 0 aliphatic heterocycles. The first-order valence-electron chi connectivity index (χ1n) is 5.31. The van der Waals surface area contributed by atoms with Gasteiger partial charge in [-0.2, -0.15) is 0 Å². The Morgan fingerprint density at radius 3 is 3.16 bits per heavy atom. The van der Waals surface area contributed by atoms with Gasteiger partial charge in [-0.3, -0.25) is 9.20 Å². The van der Waals surface area contributed by atoms with Gasteiger partial charge in [0, 0.05) is 24.0 Å². The highest BCUT2D eigenvalue weighted by atomic mass is 32.2. The second-order valence-electron chi connectivity index (χ2n) is 3.45. The summed E-state index contributed by atoms with van der Waals surface area (Å²) in [6.07, 6.45) is 5.10. The van der Waals surface area contributed by atoms with Crippen LogP contribution in [0.15, 0.2) is 35.2 Å². The van der Waals surface area contributed by atoms with Crippen LogP contribution in [0.2, 0.25) is 0 Å². The van der Waals surface area contributed by atoms with Crippen molar-refractivity contribution in [2.45, 2.75) is 5.16 Å². The first-order valence-corrected chi connectivity index (χ1v) is 7.17. The summed E-state index contributed by atoms with van der Waals surface area (Å²) in [5.74, 6) is 0.640. The molecule has 96 valence electrons. The van der Waals surface area contributed by atoms with E-state index in [0.29, 0.717) is 16.1 Å². The van der Waals surface area contributed by atoms with Gasteiger partial charge < -0.3 is 5.32 Å². The van der Waals surface area contributed by atoms with Gasteiger partial charge >= 0.3 is 0 Å². The molecule has 0 radical (unpaired) electrons. The number of amides is 1. The molecule has 3 aromatic heterocycles. The van der Waals surface area contributed by atoms with E-state index in [1.54, 1.807) is 28.2 Å². The van der Waals surface area contributed by atoms with Crippen molar-refractivity contribution in [1.29, 1.82) is 0 Å². The Morgan fingerprint density at radius 1 is 1.37 bits per heavy atom. The number of thiazole rings is 1. The molecule has 1 amide bonds. The van der Waals surface area contributed by atoms with Crippen molar-refractivity contribution in [3.63, 3.8) is 0 Å². The molecule has 0 saturated heterocycles. The molecule has 0 atom stereocenters. The fourth-order valence-corrected chi connectivity index (χ4v) is 2.65. The van der Waals surface area contributed by atoms with E-state index < -0.39 is 0 Å². The van der Waals surface area contributed by atoms with Crippen molar-refractivity contribution in [2.24, 2.45) is 0 Å². The average molecular weight is 292 g/mol. The van der Waals surface area contributed by atoms with Crippen molar-refractivity contribution in [3.8, 4) is 0 Å². The fourth-order valence-electron chi connectivity index (χ4n) is 1.39. The minimum absolute atomic E-state index is 0.124. The number of hydrogen-bond acceptors (Lipinski definition) is 7. The van der Waals surface area contributed by atoms with Gasteiger partial charge in [-0.15, -0.1) is 21.5 Å². The zero-order valence-corrected chi connectivity index (χ0v) is 11.2. The van der Waals surface area contributed by atoms with Crippen LogP contribution in [0.4, 0.5) is 5.13 Å². The Bertz CT molecular complexity index is 695. The molecule has 1 N–H and O–H groups in total. The molecule has 19 heavy (non-hydrogen) atoms. The number of carbonyl (C=O) groups is 1.